The molecule has 0 aliphatic carbocycles. The Morgan fingerprint density at radius 3 is 1.40 bits per heavy atom. The summed E-state index contributed by atoms with van der Waals surface area (Å²) in [4.78, 5) is 0. The Morgan fingerprint density at radius 2 is 1.40 bits per heavy atom. The molecule has 0 aromatic heterocycles. The van der Waals surface area contributed by atoms with Crippen molar-refractivity contribution in [3.63, 3.8) is 0 Å². The zero-order valence-corrected chi connectivity index (χ0v) is 8.33. The van der Waals surface area contributed by atoms with E-state index in [-0.39, 0.29) is 72.6 Å². The van der Waals surface area contributed by atoms with Crippen molar-refractivity contribution in [2.45, 2.75) is 0 Å². The van der Waals surface area contributed by atoms with Crippen molar-refractivity contribution in [3.8, 4) is 0 Å². The number of rotatable bonds is 0. The number of hydrogen-bond donors (Lipinski definition) is 2. The van der Waals surface area contributed by atoms with Crippen molar-refractivity contribution >= 4 is 73.4 Å². The van der Waals surface area contributed by atoms with E-state index in [1.54, 1.807) is 0 Å². The summed E-state index contributed by atoms with van der Waals surface area (Å²) in [6.07, 6.45) is 0. The second kappa shape index (κ2) is 6.35. The molecular formula is H3BIKO2. The first-order valence-corrected chi connectivity index (χ1v) is 2.90. The van der Waals surface area contributed by atoms with Crippen molar-refractivity contribution in [2.24, 2.45) is 0 Å². The minimum atomic E-state index is -0.979. The van der Waals surface area contributed by atoms with Gasteiger partial charge in [0.2, 0.25) is 0 Å². The molecule has 0 heterocycles. The average molecular weight is 212 g/mol. The standard InChI is InChI=1S/BH2O2.HI.K/c2-1-3;;/h2-3H;1H;/q+1;;-1. The first-order valence-electron chi connectivity index (χ1n) is 1.09. The molecule has 2 nitrogen and oxygen atoms in total. The van der Waals surface area contributed by atoms with Crippen LogP contribution in [0.3, 0.4) is 0 Å². The molecule has 0 rings (SSSR count). The predicted octanol–water partition coefficient (Wildman–Crippen LogP) is -1.26. The maximum atomic E-state index is 7.69. The van der Waals surface area contributed by atoms with E-state index in [2.05, 4.69) is 0 Å². The van der Waals surface area contributed by atoms with Gasteiger partial charge in [0.25, 0.3) is 0 Å². The van der Waals surface area contributed by atoms with Gasteiger partial charge in [0.1, 0.15) is 0 Å². The normalized spacial score (nSPS) is 5.60. The second-order valence-electron chi connectivity index (χ2n) is 0.632. The average Bonchev–Trinajstić information content (AvgIpc) is 0.811. The van der Waals surface area contributed by atoms with Gasteiger partial charge in [-0.15, -0.1) is 24.0 Å². The van der Waals surface area contributed by atoms with Crippen molar-refractivity contribution in [3.05, 3.63) is 0 Å². The molecule has 0 atom stereocenters. The van der Waals surface area contributed by atoms with Crippen molar-refractivity contribution in [1.29, 1.82) is 0 Å². The van der Waals surface area contributed by atoms with Crippen LogP contribution in [0.2, 0.25) is 0 Å². The van der Waals surface area contributed by atoms with E-state index in [1.807, 2.05) is 0 Å². The molecule has 0 spiro atoms. The van der Waals surface area contributed by atoms with E-state index in [1.165, 1.54) is 0 Å². The van der Waals surface area contributed by atoms with Gasteiger partial charge in [-0.05, 0) is 0 Å². The molecule has 5 heavy (non-hydrogen) atoms. The molecule has 0 saturated heterocycles. The van der Waals surface area contributed by atoms with E-state index >= 15 is 0 Å². The van der Waals surface area contributed by atoms with Gasteiger partial charge in [0, 0.05) is 0 Å². The molecule has 0 radical (unpaired) electrons. The molecule has 0 aromatic carbocycles. The third-order valence-electron chi connectivity index (χ3n) is 0. The van der Waals surface area contributed by atoms with Crippen LogP contribution in [0.5, 0.6) is 0 Å². The van der Waals surface area contributed by atoms with Gasteiger partial charge in [-0.3, -0.25) is 0 Å². The number of halogens is 1. The monoisotopic (exact) mass is 212 g/mol. The SMILES string of the molecule is I.O[B](O)[K]. The molecule has 0 aromatic rings. The Hall–Kier alpha value is 2.35. The first-order chi connectivity index (χ1) is 1.73. The van der Waals surface area contributed by atoms with Crippen LogP contribution in [0.4, 0.5) is 0 Å². The molecule has 2 N–H and O–H groups in total. The third kappa shape index (κ3) is 21.8. The van der Waals surface area contributed by atoms with E-state index < -0.39 is 0.794 Å². The van der Waals surface area contributed by atoms with Crippen LogP contribution in [0.15, 0.2) is 0 Å². The fraction of sp³-hybridized carbons (Fsp3) is 0. The van der Waals surface area contributed by atoms with Crippen molar-refractivity contribution in [1.82, 2.24) is 0 Å². The van der Waals surface area contributed by atoms with E-state index in [0.717, 1.165) is 0 Å². The summed E-state index contributed by atoms with van der Waals surface area (Å²) in [7, 11) is 0. The summed E-state index contributed by atoms with van der Waals surface area (Å²) in [6.45, 7) is 0. The molecule has 0 amide bonds. The fourth-order valence-corrected chi connectivity index (χ4v) is 0. The van der Waals surface area contributed by atoms with Crippen LogP contribution in [-0.4, -0.2) is 59.4 Å². The van der Waals surface area contributed by atoms with Crippen molar-refractivity contribution < 1.29 is 10.0 Å². The van der Waals surface area contributed by atoms with Crippen LogP contribution < -0.4 is 0 Å². The van der Waals surface area contributed by atoms with Gasteiger partial charge < -0.3 is 0 Å². The van der Waals surface area contributed by atoms with Gasteiger partial charge in [-0.25, -0.2) is 0 Å². The Morgan fingerprint density at radius 1 is 1.40 bits per heavy atom. The molecular weight excluding hydrogens is 209 g/mol. The van der Waals surface area contributed by atoms with Crippen molar-refractivity contribution in [2.75, 3.05) is 0 Å². The molecule has 5 heteroatoms. The van der Waals surface area contributed by atoms with Crippen LogP contribution in [-0.2, 0) is 0 Å². The Labute approximate surface area is 81.4 Å². The van der Waals surface area contributed by atoms with Gasteiger partial charge in [-0.1, -0.05) is 0 Å². The Bertz CT molecular complexity index is 14.4. The van der Waals surface area contributed by atoms with E-state index in [4.69, 9.17) is 10.0 Å². The quantitative estimate of drug-likeness (QED) is 0.388. The molecule has 0 aliphatic rings. The molecule has 26 valence electrons. The summed E-state index contributed by atoms with van der Waals surface area (Å²) in [5.74, 6) is 0. The molecule has 0 aliphatic heterocycles. The molecule has 0 unspecified atom stereocenters. The summed E-state index contributed by atoms with van der Waals surface area (Å²) >= 11 is 0.174. The summed E-state index contributed by atoms with van der Waals surface area (Å²) in [6, 6.07) is 0. The predicted molar refractivity (Wildman–Crippen MR) is 31.4 cm³/mol. The molecule has 0 saturated carbocycles. The van der Waals surface area contributed by atoms with Crippen LogP contribution in [0.1, 0.15) is 0 Å². The summed E-state index contributed by atoms with van der Waals surface area (Å²) < 4.78 is -0.979. The van der Waals surface area contributed by atoms with Gasteiger partial charge in [-0.2, -0.15) is 0 Å². The second-order valence-corrected chi connectivity index (χ2v) is 2.24. The zero-order valence-electron chi connectivity index (χ0n) is 2.88. The Kier molecular flexibility index (Phi) is 13.2. The van der Waals surface area contributed by atoms with Gasteiger partial charge >= 0.3 is 59.4 Å². The summed E-state index contributed by atoms with van der Waals surface area (Å²) in [5.41, 5.74) is 0. The number of hydrogen-bond acceptors (Lipinski definition) is 2. The maximum absolute atomic E-state index is 7.69. The fourth-order valence-electron chi connectivity index (χ4n) is 0. The molecule has 0 bridgehead atoms. The van der Waals surface area contributed by atoms with Gasteiger partial charge in [0.15, 0.2) is 0 Å². The van der Waals surface area contributed by atoms with E-state index in [9.17, 15) is 0 Å². The van der Waals surface area contributed by atoms with E-state index in [0.29, 0.717) is 0 Å². The summed E-state index contributed by atoms with van der Waals surface area (Å²) in [5, 5.41) is 15.4. The minimum absolute atomic E-state index is 0. The van der Waals surface area contributed by atoms with Crippen LogP contribution >= 0.6 is 24.0 Å². The zero-order chi connectivity index (χ0) is 3.58. The van der Waals surface area contributed by atoms with Gasteiger partial charge in [0.05, 0.1) is 0 Å². The molecule has 0 fully saturated rings. The third-order valence-corrected chi connectivity index (χ3v) is 0. The topological polar surface area (TPSA) is 40.5 Å². The Balaban J connectivity index is 0. The first kappa shape index (κ1) is 10.4. The van der Waals surface area contributed by atoms with Crippen LogP contribution in [0.25, 0.3) is 0 Å². The van der Waals surface area contributed by atoms with Crippen LogP contribution in [0, 0.1) is 0 Å².